The lowest BCUT2D eigenvalue weighted by Gasteiger charge is -2.09. The Balaban J connectivity index is 1.55. The number of nitrogens with zero attached hydrogens (tertiary/aromatic N) is 1. The molecule has 6 nitrogen and oxygen atoms in total. The van der Waals surface area contributed by atoms with E-state index in [4.69, 9.17) is 11.6 Å². The van der Waals surface area contributed by atoms with Crippen LogP contribution in [-0.4, -0.2) is 23.3 Å². The molecule has 1 heterocycles. The van der Waals surface area contributed by atoms with Gasteiger partial charge in [-0.25, -0.2) is 16.3 Å². The summed E-state index contributed by atoms with van der Waals surface area (Å²) in [5.74, 6) is -0.135. The lowest BCUT2D eigenvalue weighted by atomic mass is 10.0. The summed E-state index contributed by atoms with van der Waals surface area (Å²) in [6.07, 6.45) is 2.01. The van der Waals surface area contributed by atoms with E-state index in [2.05, 4.69) is 21.4 Å². The Bertz CT molecular complexity index is 749. The van der Waals surface area contributed by atoms with Gasteiger partial charge in [-0.2, -0.15) is 5.10 Å². The molecular formula is C17H17ClN4O2. The normalized spacial score (nSPS) is 20.4. The second-order valence-electron chi connectivity index (χ2n) is 5.47. The van der Waals surface area contributed by atoms with Crippen LogP contribution in [0.4, 0.5) is 0 Å². The van der Waals surface area contributed by atoms with Gasteiger partial charge >= 0.3 is 0 Å². The maximum absolute atomic E-state index is 12.1. The number of nitrogens with one attached hydrogen (secondary N) is 3. The maximum atomic E-state index is 12.1. The van der Waals surface area contributed by atoms with Gasteiger partial charge in [0, 0.05) is 16.6 Å². The quantitative estimate of drug-likeness (QED) is 0.505. The summed E-state index contributed by atoms with van der Waals surface area (Å²) in [4.78, 5) is 12.1. The van der Waals surface area contributed by atoms with Crippen LogP contribution in [0.5, 0.6) is 5.75 Å². The lowest BCUT2D eigenvalue weighted by molar-refractivity contribution is -0.122. The Hall–Kier alpha value is -2.41. The number of hydrogen-bond donors (Lipinski definition) is 4. The molecule has 3 rings (SSSR count). The molecule has 7 heteroatoms. The standard InChI is InChI=1S/C17H17ClN4O2/c18-13-7-5-11(6-8-13)14-9-15(21-20-14)17(24)22-19-10-12-3-1-2-4-16(12)23/h1-8,10,14-15,20-21,23H,9H2,(H,22,24)/b19-10+. The minimum absolute atomic E-state index is 0.0279. The van der Waals surface area contributed by atoms with Crippen LogP contribution in [0.3, 0.4) is 0 Å². The molecule has 1 saturated heterocycles. The van der Waals surface area contributed by atoms with E-state index >= 15 is 0 Å². The van der Waals surface area contributed by atoms with Crippen LogP contribution in [-0.2, 0) is 4.79 Å². The van der Waals surface area contributed by atoms with Crippen LogP contribution in [0.2, 0.25) is 5.02 Å². The molecule has 2 unspecified atom stereocenters. The molecule has 1 aliphatic heterocycles. The van der Waals surface area contributed by atoms with E-state index in [-0.39, 0.29) is 17.7 Å². The van der Waals surface area contributed by atoms with Crippen molar-refractivity contribution < 1.29 is 9.90 Å². The fraction of sp³-hybridized carbons (Fsp3) is 0.176. The molecule has 0 spiro atoms. The Morgan fingerprint density at radius 1 is 1.21 bits per heavy atom. The molecule has 2 aromatic rings. The van der Waals surface area contributed by atoms with Gasteiger partial charge in [0.05, 0.1) is 6.21 Å². The van der Waals surface area contributed by atoms with Gasteiger partial charge in [0.25, 0.3) is 5.91 Å². The van der Waals surface area contributed by atoms with Gasteiger partial charge in [-0.05, 0) is 36.2 Å². The first kappa shape index (κ1) is 16.4. The van der Waals surface area contributed by atoms with Crippen molar-refractivity contribution in [1.82, 2.24) is 16.3 Å². The first-order chi connectivity index (χ1) is 11.6. The lowest BCUT2D eigenvalue weighted by Crippen LogP contribution is -2.41. The Morgan fingerprint density at radius 3 is 2.71 bits per heavy atom. The van der Waals surface area contributed by atoms with E-state index in [9.17, 15) is 9.90 Å². The maximum Gasteiger partial charge on any atom is 0.258 e. The van der Waals surface area contributed by atoms with E-state index in [1.165, 1.54) is 6.21 Å². The van der Waals surface area contributed by atoms with E-state index in [1.54, 1.807) is 24.3 Å². The minimum atomic E-state index is -0.396. The third-order valence-corrected chi connectivity index (χ3v) is 4.06. The first-order valence-corrected chi connectivity index (χ1v) is 7.89. The molecule has 0 bridgehead atoms. The molecule has 24 heavy (non-hydrogen) atoms. The van der Waals surface area contributed by atoms with Crippen molar-refractivity contribution in [3.8, 4) is 5.75 Å². The highest BCUT2D eigenvalue weighted by Gasteiger charge is 2.29. The molecule has 1 amide bonds. The molecule has 124 valence electrons. The highest BCUT2D eigenvalue weighted by Crippen LogP contribution is 2.23. The summed E-state index contributed by atoms with van der Waals surface area (Å²) in [5.41, 5.74) is 10.1. The topological polar surface area (TPSA) is 85.8 Å². The van der Waals surface area contributed by atoms with Gasteiger partial charge in [-0.1, -0.05) is 35.9 Å². The third kappa shape index (κ3) is 3.91. The fourth-order valence-corrected chi connectivity index (χ4v) is 2.61. The smallest absolute Gasteiger partial charge is 0.258 e. The summed E-state index contributed by atoms with van der Waals surface area (Å²) >= 11 is 5.88. The van der Waals surface area contributed by atoms with E-state index < -0.39 is 6.04 Å². The summed E-state index contributed by atoms with van der Waals surface area (Å²) in [6, 6.07) is 13.9. The number of aromatic hydroxyl groups is 1. The average molecular weight is 345 g/mol. The number of carbonyl (C=O) groups excluding carboxylic acids is 1. The van der Waals surface area contributed by atoms with E-state index in [0.29, 0.717) is 17.0 Å². The number of hydrazone groups is 1. The average Bonchev–Trinajstić information content (AvgIpc) is 3.07. The zero-order valence-corrected chi connectivity index (χ0v) is 13.5. The number of carbonyl (C=O) groups is 1. The van der Waals surface area contributed by atoms with Crippen molar-refractivity contribution in [3.63, 3.8) is 0 Å². The van der Waals surface area contributed by atoms with Crippen LogP contribution in [0, 0.1) is 0 Å². The molecule has 0 aromatic heterocycles. The third-order valence-electron chi connectivity index (χ3n) is 3.81. The zero-order valence-electron chi connectivity index (χ0n) is 12.7. The van der Waals surface area contributed by atoms with E-state index in [1.807, 2.05) is 24.3 Å². The number of benzene rings is 2. The van der Waals surface area contributed by atoms with Gasteiger partial charge in [-0.15, -0.1) is 0 Å². The largest absolute Gasteiger partial charge is 0.507 e. The number of amides is 1. The minimum Gasteiger partial charge on any atom is -0.507 e. The van der Waals surface area contributed by atoms with Crippen molar-refractivity contribution >= 4 is 23.7 Å². The summed E-state index contributed by atoms with van der Waals surface area (Å²) < 4.78 is 0. The molecule has 2 atom stereocenters. The number of rotatable bonds is 4. The second kappa shape index (κ2) is 7.44. The molecule has 1 fully saturated rings. The summed E-state index contributed by atoms with van der Waals surface area (Å²) in [5, 5.41) is 14.2. The van der Waals surface area contributed by atoms with Crippen LogP contribution >= 0.6 is 11.6 Å². The number of halogens is 1. The van der Waals surface area contributed by atoms with E-state index in [0.717, 1.165) is 5.56 Å². The van der Waals surface area contributed by atoms with Crippen molar-refractivity contribution in [3.05, 3.63) is 64.7 Å². The number of phenolic OH excluding ortho intramolecular Hbond substituents is 1. The van der Waals surface area contributed by atoms with Crippen LogP contribution in [0.1, 0.15) is 23.6 Å². The molecule has 2 aromatic carbocycles. The number of hydrogen-bond acceptors (Lipinski definition) is 5. The fourth-order valence-electron chi connectivity index (χ4n) is 2.48. The van der Waals surface area contributed by atoms with Crippen LogP contribution < -0.4 is 16.3 Å². The van der Waals surface area contributed by atoms with Crippen molar-refractivity contribution in [2.24, 2.45) is 5.10 Å². The summed E-state index contributed by atoms with van der Waals surface area (Å²) in [7, 11) is 0. The number of para-hydroxylation sites is 1. The van der Waals surface area contributed by atoms with Crippen LogP contribution in [0.25, 0.3) is 0 Å². The highest BCUT2D eigenvalue weighted by atomic mass is 35.5. The van der Waals surface area contributed by atoms with Gasteiger partial charge in [-0.3, -0.25) is 4.79 Å². The number of hydrazine groups is 1. The van der Waals surface area contributed by atoms with Crippen molar-refractivity contribution in [1.29, 1.82) is 0 Å². The predicted octanol–water partition coefficient (Wildman–Crippen LogP) is 2.10. The molecule has 0 saturated carbocycles. The molecular weight excluding hydrogens is 328 g/mol. The van der Waals surface area contributed by atoms with Gasteiger partial charge in [0.1, 0.15) is 11.8 Å². The molecule has 0 aliphatic carbocycles. The van der Waals surface area contributed by atoms with Gasteiger partial charge in [0.15, 0.2) is 0 Å². The Kier molecular flexibility index (Phi) is 5.10. The SMILES string of the molecule is O=C(N/N=C/c1ccccc1O)C1CC(c2ccc(Cl)cc2)NN1. The highest BCUT2D eigenvalue weighted by molar-refractivity contribution is 6.30. The van der Waals surface area contributed by atoms with Crippen molar-refractivity contribution in [2.45, 2.75) is 18.5 Å². The molecule has 1 aliphatic rings. The Labute approximate surface area is 144 Å². The summed E-state index contributed by atoms with van der Waals surface area (Å²) in [6.45, 7) is 0. The Morgan fingerprint density at radius 2 is 1.96 bits per heavy atom. The molecule has 4 N–H and O–H groups in total. The van der Waals surface area contributed by atoms with Gasteiger partial charge in [0.2, 0.25) is 0 Å². The first-order valence-electron chi connectivity index (χ1n) is 7.51. The number of phenols is 1. The zero-order chi connectivity index (χ0) is 16.9. The molecule has 0 radical (unpaired) electrons. The monoisotopic (exact) mass is 344 g/mol. The predicted molar refractivity (Wildman–Crippen MR) is 92.7 cm³/mol. The van der Waals surface area contributed by atoms with Crippen LogP contribution in [0.15, 0.2) is 53.6 Å². The van der Waals surface area contributed by atoms with Crippen molar-refractivity contribution in [2.75, 3.05) is 0 Å². The second-order valence-corrected chi connectivity index (χ2v) is 5.91. The van der Waals surface area contributed by atoms with Gasteiger partial charge < -0.3 is 5.11 Å².